The summed E-state index contributed by atoms with van der Waals surface area (Å²) in [6.07, 6.45) is 3.47. The Bertz CT molecular complexity index is 998. The summed E-state index contributed by atoms with van der Waals surface area (Å²) in [5, 5.41) is 8.54. The van der Waals surface area contributed by atoms with Gasteiger partial charge in [0, 0.05) is 44.5 Å². The summed E-state index contributed by atoms with van der Waals surface area (Å²) >= 11 is 0. The highest BCUT2D eigenvalue weighted by Gasteiger charge is 2.28. The van der Waals surface area contributed by atoms with Crippen LogP contribution in [0.3, 0.4) is 0 Å². The standard InChI is InChI=1S/C21H26N4O4S/c22-19-7-4-17(5-8-19)10-11-24-12-14-25(15-13-24)30(28,29)20-3-1-2-18(16-20)6-9-21(26)23-27/h1-9,16,27H,10-15,22H2,(H,23,26)/b9-6+. The molecule has 1 aliphatic rings. The Balaban J connectivity index is 1.58. The molecule has 2 aromatic carbocycles. The highest BCUT2D eigenvalue weighted by atomic mass is 32.2. The van der Waals surface area contributed by atoms with Crippen LogP contribution in [0.1, 0.15) is 11.1 Å². The van der Waals surface area contributed by atoms with Gasteiger partial charge in [0.15, 0.2) is 0 Å². The zero-order valence-electron chi connectivity index (χ0n) is 16.6. The van der Waals surface area contributed by atoms with Gasteiger partial charge in [-0.2, -0.15) is 4.31 Å². The van der Waals surface area contributed by atoms with Crippen LogP contribution < -0.4 is 11.2 Å². The molecule has 0 unspecified atom stereocenters. The number of nitrogens with zero attached hydrogens (tertiary/aromatic N) is 2. The molecule has 0 bridgehead atoms. The molecule has 0 radical (unpaired) electrons. The fourth-order valence-corrected chi connectivity index (χ4v) is 4.78. The predicted molar refractivity (Wildman–Crippen MR) is 115 cm³/mol. The van der Waals surface area contributed by atoms with Crippen molar-refractivity contribution in [3.63, 3.8) is 0 Å². The van der Waals surface area contributed by atoms with Crippen LogP contribution in [-0.2, 0) is 21.2 Å². The molecule has 3 rings (SSSR count). The molecule has 1 fully saturated rings. The third kappa shape index (κ3) is 5.67. The Labute approximate surface area is 176 Å². The number of hydrogen-bond acceptors (Lipinski definition) is 6. The molecule has 1 amide bonds. The second-order valence-electron chi connectivity index (χ2n) is 7.12. The van der Waals surface area contributed by atoms with Crippen molar-refractivity contribution in [1.29, 1.82) is 0 Å². The minimum atomic E-state index is -3.62. The smallest absolute Gasteiger partial charge is 0.267 e. The van der Waals surface area contributed by atoms with Crippen LogP contribution >= 0.6 is 0 Å². The molecule has 0 saturated carbocycles. The van der Waals surface area contributed by atoms with Gasteiger partial charge in [-0.1, -0.05) is 24.3 Å². The topological polar surface area (TPSA) is 116 Å². The van der Waals surface area contributed by atoms with Gasteiger partial charge in [0.1, 0.15) is 0 Å². The first-order chi connectivity index (χ1) is 14.4. The molecule has 8 nitrogen and oxygen atoms in total. The minimum absolute atomic E-state index is 0.185. The largest absolute Gasteiger partial charge is 0.399 e. The normalized spacial score (nSPS) is 16.0. The van der Waals surface area contributed by atoms with Crippen molar-refractivity contribution in [2.45, 2.75) is 11.3 Å². The summed E-state index contributed by atoms with van der Waals surface area (Å²) in [4.78, 5) is 13.6. The third-order valence-electron chi connectivity index (χ3n) is 5.06. The number of carbonyl (C=O) groups is 1. The van der Waals surface area contributed by atoms with E-state index in [1.54, 1.807) is 18.2 Å². The van der Waals surface area contributed by atoms with Gasteiger partial charge in [-0.05, 0) is 47.9 Å². The van der Waals surface area contributed by atoms with Gasteiger partial charge < -0.3 is 10.6 Å². The summed E-state index contributed by atoms with van der Waals surface area (Å²) in [6, 6.07) is 14.2. The summed E-state index contributed by atoms with van der Waals surface area (Å²) in [5.74, 6) is -0.682. The molecule has 0 spiro atoms. The maximum Gasteiger partial charge on any atom is 0.267 e. The molecule has 2 aromatic rings. The van der Waals surface area contributed by atoms with Crippen LogP contribution in [0.2, 0.25) is 0 Å². The number of carbonyl (C=O) groups excluding carboxylic acids is 1. The van der Waals surface area contributed by atoms with Crippen LogP contribution in [0.5, 0.6) is 0 Å². The summed E-state index contributed by atoms with van der Waals surface area (Å²) < 4.78 is 27.5. The lowest BCUT2D eigenvalue weighted by Crippen LogP contribution is -2.49. The van der Waals surface area contributed by atoms with Crippen molar-refractivity contribution in [3.05, 3.63) is 65.7 Å². The SMILES string of the molecule is Nc1ccc(CCN2CCN(S(=O)(=O)c3cccc(/C=C/C(=O)NO)c3)CC2)cc1. The molecule has 1 heterocycles. The number of hydrogen-bond donors (Lipinski definition) is 3. The molecule has 0 aromatic heterocycles. The van der Waals surface area contributed by atoms with E-state index in [0.29, 0.717) is 31.7 Å². The number of nitrogens with two attached hydrogens (primary N) is 1. The van der Waals surface area contributed by atoms with Crippen molar-refractivity contribution < 1.29 is 18.4 Å². The van der Waals surface area contributed by atoms with Crippen LogP contribution in [0.15, 0.2) is 59.5 Å². The van der Waals surface area contributed by atoms with Gasteiger partial charge in [-0.3, -0.25) is 10.0 Å². The average molecular weight is 431 g/mol. The first-order valence-electron chi connectivity index (χ1n) is 9.67. The van der Waals surface area contributed by atoms with E-state index in [-0.39, 0.29) is 4.90 Å². The number of nitrogen functional groups attached to an aromatic ring is 1. The van der Waals surface area contributed by atoms with Gasteiger partial charge >= 0.3 is 0 Å². The zero-order valence-corrected chi connectivity index (χ0v) is 17.4. The van der Waals surface area contributed by atoms with Gasteiger partial charge in [0.2, 0.25) is 10.0 Å². The number of benzene rings is 2. The van der Waals surface area contributed by atoms with Crippen LogP contribution in [0, 0.1) is 0 Å². The minimum Gasteiger partial charge on any atom is -0.399 e. The highest BCUT2D eigenvalue weighted by molar-refractivity contribution is 7.89. The van der Waals surface area contributed by atoms with E-state index in [2.05, 4.69) is 4.90 Å². The monoisotopic (exact) mass is 430 g/mol. The quantitative estimate of drug-likeness (QED) is 0.264. The van der Waals surface area contributed by atoms with E-state index in [9.17, 15) is 13.2 Å². The van der Waals surface area contributed by atoms with E-state index < -0.39 is 15.9 Å². The van der Waals surface area contributed by atoms with Crippen molar-refractivity contribution >= 4 is 27.7 Å². The number of rotatable bonds is 7. The van der Waals surface area contributed by atoms with Crippen molar-refractivity contribution in [3.8, 4) is 0 Å². The third-order valence-corrected chi connectivity index (χ3v) is 6.96. The fraction of sp³-hybridized carbons (Fsp3) is 0.286. The van der Waals surface area contributed by atoms with E-state index in [0.717, 1.165) is 24.7 Å². The number of sulfonamides is 1. The maximum absolute atomic E-state index is 13.0. The van der Waals surface area contributed by atoms with Crippen molar-refractivity contribution in [2.24, 2.45) is 0 Å². The van der Waals surface area contributed by atoms with Crippen molar-refractivity contribution in [1.82, 2.24) is 14.7 Å². The van der Waals surface area contributed by atoms with Gasteiger partial charge in [0.25, 0.3) is 5.91 Å². The Morgan fingerprint density at radius 1 is 1.10 bits per heavy atom. The average Bonchev–Trinajstić information content (AvgIpc) is 2.77. The van der Waals surface area contributed by atoms with Crippen molar-refractivity contribution in [2.75, 3.05) is 38.5 Å². The fourth-order valence-electron chi connectivity index (χ4n) is 3.30. The zero-order chi connectivity index (χ0) is 21.6. The lowest BCUT2D eigenvalue weighted by atomic mass is 10.1. The molecule has 160 valence electrons. The molecule has 4 N–H and O–H groups in total. The van der Waals surface area contributed by atoms with Gasteiger partial charge in [-0.15, -0.1) is 0 Å². The number of piperazine rings is 1. The van der Waals surface area contributed by atoms with Crippen LogP contribution in [-0.4, -0.2) is 61.5 Å². The first-order valence-corrected chi connectivity index (χ1v) is 11.1. The van der Waals surface area contributed by atoms with Gasteiger partial charge in [-0.25, -0.2) is 13.9 Å². The first kappa shape index (κ1) is 22.0. The molecular weight excluding hydrogens is 404 g/mol. The number of amides is 1. The Morgan fingerprint density at radius 2 is 1.80 bits per heavy atom. The molecule has 0 aliphatic carbocycles. The molecular formula is C21H26N4O4S. The number of nitrogens with one attached hydrogen (secondary N) is 1. The summed E-state index contributed by atoms with van der Waals surface area (Å²) in [5.41, 5.74) is 9.72. The second-order valence-corrected chi connectivity index (χ2v) is 9.06. The van der Waals surface area contributed by atoms with Gasteiger partial charge in [0.05, 0.1) is 4.90 Å². The van der Waals surface area contributed by atoms with E-state index in [1.165, 1.54) is 27.5 Å². The molecule has 9 heteroatoms. The maximum atomic E-state index is 13.0. The predicted octanol–water partition coefficient (Wildman–Crippen LogP) is 1.34. The van der Waals surface area contributed by atoms with E-state index in [1.807, 2.05) is 24.3 Å². The summed E-state index contributed by atoms with van der Waals surface area (Å²) in [7, 11) is -3.62. The molecule has 1 saturated heterocycles. The van der Waals surface area contributed by atoms with E-state index >= 15 is 0 Å². The Kier molecular flexibility index (Phi) is 7.22. The lowest BCUT2D eigenvalue weighted by Gasteiger charge is -2.34. The Morgan fingerprint density at radius 3 is 2.47 bits per heavy atom. The lowest BCUT2D eigenvalue weighted by molar-refractivity contribution is -0.124. The Hall–Kier alpha value is -2.72. The molecule has 0 atom stereocenters. The number of hydroxylamine groups is 1. The van der Waals surface area contributed by atoms with Crippen LogP contribution in [0.4, 0.5) is 5.69 Å². The summed E-state index contributed by atoms with van der Waals surface area (Å²) in [6.45, 7) is 3.06. The molecule has 1 aliphatic heterocycles. The molecule has 30 heavy (non-hydrogen) atoms. The van der Waals surface area contributed by atoms with E-state index in [4.69, 9.17) is 10.9 Å². The van der Waals surface area contributed by atoms with Crippen LogP contribution in [0.25, 0.3) is 6.08 Å². The number of anilines is 1. The highest BCUT2D eigenvalue weighted by Crippen LogP contribution is 2.20. The second kappa shape index (κ2) is 9.86.